The molecule has 4 nitrogen and oxygen atoms in total. The molecule has 0 aliphatic heterocycles. The number of nitrogens with zero attached hydrogens (tertiary/aromatic N) is 1. The minimum absolute atomic E-state index is 0.0273. The molecular formula is C15H16Cl2N2O2. The third-order valence-corrected chi connectivity index (χ3v) is 4.09. The molecule has 6 heteroatoms. The van der Waals surface area contributed by atoms with Crippen LogP contribution in [0.4, 0.5) is 0 Å². The van der Waals surface area contributed by atoms with Crippen LogP contribution in [-0.2, 0) is 0 Å². The van der Waals surface area contributed by atoms with E-state index in [1.54, 1.807) is 24.3 Å². The lowest BCUT2D eigenvalue weighted by atomic mass is 10.1. The zero-order valence-corrected chi connectivity index (χ0v) is 13.5. The van der Waals surface area contributed by atoms with Crippen LogP contribution in [0.15, 0.2) is 33.9 Å². The van der Waals surface area contributed by atoms with Crippen LogP contribution in [0.1, 0.15) is 26.8 Å². The van der Waals surface area contributed by atoms with Crippen molar-refractivity contribution in [1.29, 1.82) is 0 Å². The Morgan fingerprint density at radius 1 is 1.14 bits per heavy atom. The van der Waals surface area contributed by atoms with Crippen LogP contribution in [0.3, 0.4) is 0 Å². The second-order valence-corrected chi connectivity index (χ2v) is 6.10. The van der Waals surface area contributed by atoms with Crippen molar-refractivity contribution in [3.63, 3.8) is 0 Å². The molecular weight excluding hydrogens is 311 g/mol. The number of hydrogen-bond acceptors (Lipinski definition) is 2. The topological polar surface area (TPSA) is 54.9 Å². The molecule has 1 atom stereocenters. The number of benzene rings is 1. The Morgan fingerprint density at radius 3 is 2.38 bits per heavy atom. The summed E-state index contributed by atoms with van der Waals surface area (Å²) in [5.74, 6) is 0.136. The molecule has 0 aliphatic carbocycles. The fraction of sp³-hybridized carbons (Fsp3) is 0.333. The summed E-state index contributed by atoms with van der Waals surface area (Å²) in [6.45, 7) is 5.73. The van der Waals surface area contributed by atoms with Gasteiger partial charge in [0.2, 0.25) is 0 Å². The van der Waals surface area contributed by atoms with E-state index in [1.165, 1.54) is 4.57 Å². The predicted octanol–water partition coefficient (Wildman–Crippen LogP) is 3.73. The van der Waals surface area contributed by atoms with Crippen LogP contribution in [0.25, 0.3) is 11.1 Å². The quantitative estimate of drug-likeness (QED) is 0.874. The Bertz CT molecular complexity index is 778. The van der Waals surface area contributed by atoms with Crippen LogP contribution in [-0.4, -0.2) is 9.55 Å². The number of nitrogens with one attached hydrogen (secondary N) is 1. The van der Waals surface area contributed by atoms with Gasteiger partial charge in [-0.05, 0) is 30.5 Å². The fourth-order valence-corrected chi connectivity index (χ4v) is 2.55. The van der Waals surface area contributed by atoms with Gasteiger partial charge in [0.05, 0.1) is 5.56 Å². The van der Waals surface area contributed by atoms with E-state index in [4.69, 9.17) is 23.2 Å². The first-order chi connectivity index (χ1) is 9.82. The van der Waals surface area contributed by atoms with E-state index in [0.717, 1.165) is 0 Å². The van der Waals surface area contributed by atoms with Crippen molar-refractivity contribution in [3.05, 3.63) is 55.3 Å². The minimum Gasteiger partial charge on any atom is -0.297 e. The van der Waals surface area contributed by atoms with Gasteiger partial charge < -0.3 is 0 Å². The van der Waals surface area contributed by atoms with Gasteiger partial charge in [0.1, 0.15) is 5.15 Å². The van der Waals surface area contributed by atoms with Gasteiger partial charge in [-0.2, -0.15) is 0 Å². The highest BCUT2D eigenvalue weighted by Gasteiger charge is 2.20. The van der Waals surface area contributed by atoms with Crippen LogP contribution in [0, 0.1) is 5.92 Å². The highest BCUT2D eigenvalue weighted by atomic mass is 35.5. The molecule has 0 saturated heterocycles. The largest absolute Gasteiger partial charge is 0.329 e. The van der Waals surface area contributed by atoms with Gasteiger partial charge in [-0.25, -0.2) is 4.79 Å². The predicted molar refractivity (Wildman–Crippen MR) is 86.3 cm³/mol. The standard InChI is InChI=1S/C15H16Cl2N2O2/c1-8(2)9(3)19-14(20)12(13(17)18-15(19)21)10-5-4-6-11(16)7-10/h4-9H,1-3H3,(H,18,21). The molecule has 0 bridgehead atoms. The number of halogens is 2. The number of aromatic nitrogens is 2. The smallest absolute Gasteiger partial charge is 0.297 e. The van der Waals surface area contributed by atoms with Gasteiger partial charge >= 0.3 is 5.69 Å². The molecule has 21 heavy (non-hydrogen) atoms. The Hall–Kier alpha value is -1.52. The van der Waals surface area contributed by atoms with E-state index >= 15 is 0 Å². The van der Waals surface area contributed by atoms with Crippen molar-refractivity contribution in [2.75, 3.05) is 0 Å². The van der Waals surface area contributed by atoms with Gasteiger partial charge in [-0.15, -0.1) is 0 Å². The van der Waals surface area contributed by atoms with E-state index in [-0.39, 0.29) is 22.7 Å². The summed E-state index contributed by atoms with van der Waals surface area (Å²) < 4.78 is 1.20. The molecule has 0 saturated carbocycles. The SMILES string of the molecule is CC(C)C(C)n1c(=O)[nH]c(Cl)c(-c2cccc(Cl)c2)c1=O. The van der Waals surface area contributed by atoms with E-state index in [2.05, 4.69) is 4.98 Å². The van der Waals surface area contributed by atoms with Gasteiger partial charge in [-0.1, -0.05) is 49.2 Å². The Morgan fingerprint density at radius 2 is 1.81 bits per heavy atom. The van der Waals surface area contributed by atoms with Crippen LogP contribution in [0.2, 0.25) is 10.2 Å². The molecule has 2 rings (SSSR count). The molecule has 1 aromatic carbocycles. The van der Waals surface area contributed by atoms with E-state index in [1.807, 2.05) is 20.8 Å². The summed E-state index contributed by atoms with van der Waals surface area (Å²) in [6, 6.07) is 6.58. The fourth-order valence-electron chi connectivity index (χ4n) is 2.09. The van der Waals surface area contributed by atoms with Crippen molar-refractivity contribution in [1.82, 2.24) is 9.55 Å². The second-order valence-electron chi connectivity index (χ2n) is 5.29. The number of rotatable bonds is 3. The summed E-state index contributed by atoms with van der Waals surface area (Å²) in [4.78, 5) is 27.3. The summed E-state index contributed by atoms with van der Waals surface area (Å²) in [5, 5.41) is 0.525. The Balaban J connectivity index is 2.77. The average molecular weight is 327 g/mol. The summed E-state index contributed by atoms with van der Waals surface area (Å²) >= 11 is 12.0. The highest BCUT2D eigenvalue weighted by Crippen LogP contribution is 2.25. The summed E-state index contributed by atoms with van der Waals surface area (Å²) in [7, 11) is 0. The lowest BCUT2D eigenvalue weighted by Gasteiger charge is -2.19. The molecule has 0 amide bonds. The van der Waals surface area contributed by atoms with Crippen molar-refractivity contribution in [3.8, 4) is 11.1 Å². The van der Waals surface area contributed by atoms with Crippen molar-refractivity contribution in [2.45, 2.75) is 26.8 Å². The van der Waals surface area contributed by atoms with Crippen molar-refractivity contribution < 1.29 is 0 Å². The van der Waals surface area contributed by atoms with Crippen LogP contribution in [0.5, 0.6) is 0 Å². The molecule has 0 spiro atoms. The van der Waals surface area contributed by atoms with E-state index < -0.39 is 11.2 Å². The summed E-state index contributed by atoms with van der Waals surface area (Å²) in [5.41, 5.74) is -0.0751. The molecule has 0 aliphatic rings. The second kappa shape index (κ2) is 6.08. The van der Waals surface area contributed by atoms with Crippen molar-refractivity contribution in [2.24, 2.45) is 5.92 Å². The lowest BCUT2D eigenvalue weighted by molar-refractivity contribution is 0.385. The summed E-state index contributed by atoms with van der Waals surface area (Å²) in [6.07, 6.45) is 0. The van der Waals surface area contributed by atoms with Gasteiger partial charge in [0, 0.05) is 11.1 Å². The molecule has 1 N–H and O–H groups in total. The monoisotopic (exact) mass is 326 g/mol. The molecule has 112 valence electrons. The maximum Gasteiger partial charge on any atom is 0.329 e. The van der Waals surface area contributed by atoms with Crippen LogP contribution < -0.4 is 11.2 Å². The first-order valence-electron chi connectivity index (χ1n) is 6.63. The zero-order chi connectivity index (χ0) is 15.7. The number of aromatic amines is 1. The Kier molecular flexibility index (Phi) is 4.59. The van der Waals surface area contributed by atoms with Gasteiger partial charge in [0.15, 0.2) is 0 Å². The minimum atomic E-state index is -0.503. The first-order valence-corrected chi connectivity index (χ1v) is 7.38. The third kappa shape index (κ3) is 3.06. The van der Waals surface area contributed by atoms with Gasteiger partial charge in [0.25, 0.3) is 5.56 Å². The number of hydrogen-bond donors (Lipinski definition) is 1. The third-order valence-electron chi connectivity index (χ3n) is 3.57. The molecule has 1 heterocycles. The van der Waals surface area contributed by atoms with E-state index in [0.29, 0.717) is 10.6 Å². The van der Waals surface area contributed by atoms with E-state index in [9.17, 15) is 9.59 Å². The number of H-pyrrole nitrogens is 1. The average Bonchev–Trinajstić information content (AvgIpc) is 2.37. The van der Waals surface area contributed by atoms with Crippen LogP contribution >= 0.6 is 23.2 Å². The first kappa shape index (κ1) is 15.9. The van der Waals surface area contributed by atoms with Gasteiger partial charge in [-0.3, -0.25) is 14.3 Å². The Labute approximate surface area is 132 Å². The maximum atomic E-state index is 12.7. The molecule has 0 radical (unpaired) electrons. The maximum absolute atomic E-state index is 12.7. The molecule has 1 unspecified atom stereocenters. The highest BCUT2D eigenvalue weighted by molar-refractivity contribution is 6.32. The molecule has 0 fully saturated rings. The van der Waals surface area contributed by atoms with Crippen molar-refractivity contribution >= 4 is 23.2 Å². The molecule has 1 aromatic heterocycles. The normalized spacial score (nSPS) is 12.7. The molecule has 2 aromatic rings. The lowest BCUT2D eigenvalue weighted by Crippen LogP contribution is -2.39. The zero-order valence-electron chi connectivity index (χ0n) is 12.0.